The highest BCUT2D eigenvalue weighted by molar-refractivity contribution is 7.91. The summed E-state index contributed by atoms with van der Waals surface area (Å²) in [5.74, 6) is -1.18. The minimum atomic E-state index is -3.82. The lowest BCUT2D eigenvalue weighted by Crippen LogP contribution is -2.27. The van der Waals surface area contributed by atoms with Gasteiger partial charge in [0.25, 0.3) is 10.0 Å². The predicted molar refractivity (Wildman–Crippen MR) is 89.9 cm³/mol. The fraction of sp³-hybridized carbons (Fsp3) is 0.357. The Balaban J connectivity index is 1.84. The van der Waals surface area contributed by atoms with Crippen LogP contribution in [0.2, 0.25) is 0 Å². The first-order valence-electron chi connectivity index (χ1n) is 7.09. The van der Waals surface area contributed by atoms with Crippen molar-refractivity contribution in [3.05, 3.63) is 38.4 Å². The van der Waals surface area contributed by atoms with Crippen LogP contribution in [-0.4, -0.2) is 32.6 Å². The van der Waals surface area contributed by atoms with Crippen LogP contribution in [0.4, 0.5) is 0 Å². The van der Waals surface area contributed by atoms with Gasteiger partial charge in [-0.25, -0.2) is 17.9 Å². The maximum absolute atomic E-state index is 12.5. The lowest BCUT2D eigenvalue weighted by molar-refractivity contribution is 0.0692. The average molecular weight is 372 g/mol. The summed E-state index contributed by atoms with van der Waals surface area (Å²) in [4.78, 5) is 13.4. The van der Waals surface area contributed by atoms with Crippen molar-refractivity contribution in [3.8, 4) is 0 Å². The molecule has 1 aliphatic heterocycles. The molecule has 124 valence electrons. The summed E-state index contributed by atoms with van der Waals surface area (Å²) in [6.45, 7) is 1.43. The number of sulfonamides is 1. The second-order valence-electron chi connectivity index (χ2n) is 5.13. The van der Waals surface area contributed by atoms with Crippen LogP contribution in [0.15, 0.2) is 21.7 Å². The zero-order valence-electron chi connectivity index (χ0n) is 12.2. The summed E-state index contributed by atoms with van der Waals surface area (Å²) in [6, 6.07) is 3.86. The van der Waals surface area contributed by atoms with E-state index in [9.17, 15) is 18.3 Å². The van der Waals surface area contributed by atoms with Crippen molar-refractivity contribution in [2.75, 3.05) is 13.1 Å². The fourth-order valence-corrected chi connectivity index (χ4v) is 6.19. The molecule has 0 saturated heterocycles. The summed E-state index contributed by atoms with van der Waals surface area (Å²) in [5, 5.41) is 14.5. The maximum Gasteiger partial charge on any atom is 0.338 e. The monoisotopic (exact) mass is 372 g/mol. The number of carbonyl (C=O) groups is 1. The Kier molecular flexibility index (Phi) is 4.83. The molecule has 0 unspecified atom stereocenters. The Labute approximate surface area is 142 Å². The standard InChI is InChI=1S/C14H16N2O4S3/c17-13(18)12-10-4-5-15-8-11(10)22-14(12)23(19,20)16-6-3-9-2-1-7-21-9/h1-2,7,15-16H,3-6,8H2,(H,17,18). The third-order valence-corrected chi connectivity index (χ3v) is 7.74. The SMILES string of the molecule is O=C(O)c1c(S(=O)(=O)NCCc2cccs2)sc2c1CCNC2. The number of thiophene rings is 2. The predicted octanol–water partition coefficient (Wildman–Crippen LogP) is 1.67. The molecule has 0 spiro atoms. The normalized spacial score (nSPS) is 14.6. The van der Waals surface area contributed by atoms with Crippen LogP contribution in [0.3, 0.4) is 0 Å². The molecule has 9 heteroatoms. The van der Waals surface area contributed by atoms with Gasteiger partial charge in [-0.1, -0.05) is 6.07 Å². The zero-order chi connectivity index (χ0) is 16.4. The Hall–Kier alpha value is -1.26. The maximum atomic E-state index is 12.5. The summed E-state index contributed by atoms with van der Waals surface area (Å²) in [5.41, 5.74) is 0.593. The number of aromatic carboxylic acids is 1. The first kappa shape index (κ1) is 16.6. The molecule has 2 aromatic heterocycles. The molecule has 0 aromatic carbocycles. The molecular formula is C14H16N2O4S3. The van der Waals surface area contributed by atoms with Crippen LogP contribution < -0.4 is 10.0 Å². The van der Waals surface area contributed by atoms with Crippen LogP contribution in [0.5, 0.6) is 0 Å². The smallest absolute Gasteiger partial charge is 0.338 e. The lowest BCUT2D eigenvalue weighted by atomic mass is 10.1. The van der Waals surface area contributed by atoms with Gasteiger partial charge in [0.05, 0.1) is 5.56 Å². The van der Waals surface area contributed by atoms with E-state index in [-0.39, 0.29) is 16.3 Å². The van der Waals surface area contributed by atoms with E-state index in [2.05, 4.69) is 10.0 Å². The van der Waals surface area contributed by atoms with Crippen LogP contribution in [0, 0.1) is 0 Å². The molecule has 0 saturated carbocycles. The molecule has 0 radical (unpaired) electrons. The third kappa shape index (κ3) is 3.48. The molecule has 0 aliphatic carbocycles. The second kappa shape index (κ2) is 6.70. The summed E-state index contributed by atoms with van der Waals surface area (Å²) >= 11 is 2.62. The van der Waals surface area contributed by atoms with Crippen molar-refractivity contribution < 1.29 is 18.3 Å². The highest BCUT2D eigenvalue weighted by Gasteiger charge is 2.31. The van der Waals surface area contributed by atoms with Crippen LogP contribution >= 0.6 is 22.7 Å². The van der Waals surface area contributed by atoms with Gasteiger partial charge >= 0.3 is 5.97 Å². The fourth-order valence-electron chi connectivity index (χ4n) is 2.54. The van der Waals surface area contributed by atoms with Crippen molar-refractivity contribution in [1.29, 1.82) is 0 Å². The quantitative estimate of drug-likeness (QED) is 0.717. The van der Waals surface area contributed by atoms with E-state index in [1.54, 1.807) is 11.3 Å². The number of nitrogens with one attached hydrogen (secondary N) is 2. The highest BCUT2D eigenvalue weighted by Crippen LogP contribution is 2.34. The number of hydrogen-bond acceptors (Lipinski definition) is 6. The van der Waals surface area contributed by atoms with E-state index in [1.165, 1.54) is 0 Å². The number of fused-ring (bicyclic) bond motifs is 1. The summed E-state index contributed by atoms with van der Waals surface area (Å²) < 4.78 is 27.5. The number of carboxylic acid groups (broad SMARTS) is 1. The van der Waals surface area contributed by atoms with E-state index in [0.717, 1.165) is 21.1 Å². The van der Waals surface area contributed by atoms with Gasteiger partial charge in [0.1, 0.15) is 4.21 Å². The second-order valence-corrected chi connectivity index (χ2v) is 9.22. The number of hydrogen-bond donors (Lipinski definition) is 3. The molecule has 0 amide bonds. The largest absolute Gasteiger partial charge is 0.478 e. The minimum Gasteiger partial charge on any atom is -0.478 e. The Morgan fingerprint density at radius 3 is 2.96 bits per heavy atom. The van der Waals surface area contributed by atoms with E-state index in [0.29, 0.717) is 31.5 Å². The summed E-state index contributed by atoms with van der Waals surface area (Å²) in [6.07, 6.45) is 1.13. The lowest BCUT2D eigenvalue weighted by Gasteiger charge is -2.12. The molecule has 0 fully saturated rings. The molecule has 23 heavy (non-hydrogen) atoms. The molecule has 3 heterocycles. The highest BCUT2D eigenvalue weighted by atomic mass is 32.2. The first-order valence-corrected chi connectivity index (χ1v) is 10.3. The van der Waals surface area contributed by atoms with Crippen LogP contribution in [0.25, 0.3) is 0 Å². The van der Waals surface area contributed by atoms with Gasteiger partial charge in [-0.2, -0.15) is 0 Å². The molecule has 3 rings (SSSR count). The molecule has 3 N–H and O–H groups in total. The van der Waals surface area contributed by atoms with E-state index < -0.39 is 16.0 Å². The summed E-state index contributed by atoms with van der Waals surface area (Å²) in [7, 11) is -3.82. The Morgan fingerprint density at radius 1 is 1.43 bits per heavy atom. The minimum absolute atomic E-state index is 0.0601. The van der Waals surface area contributed by atoms with Gasteiger partial charge in [-0.15, -0.1) is 22.7 Å². The van der Waals surface area contributed by atoms with Crippen molar-refractivity contribution in [2.24, 2.45) is 0 Å². The molecule has 0 bridgehead atoms. The Bertz CT molecular complexity index is 809. The molecule has 6 nitrogen and oxygen atoms in total. The Morgan fingerprint density at radius 2 is 2.26 bits per heavy atom. The molecule has 1 aliphatic rings. The van der Waals surface area contributed by atoms with Crippen molar-refractivity contribution in [2.45, 2.75) is 23.6 Å². The zero-order valence-corrected chi connectivity index (χ0v) is 14.6. The molecule has 2 aromatic rings. The van der Waals surface area contributed by atoms with Gasteiger partial charge in [0, 0.05) is 22.8 Å². The van der Waals surface area contributed by atoms with Gasteiger partial charge in [0.2, 0.25) is 0 Å². The molecule has 0 atom stereocenters. The van der Waals surface area contributed by atoms with E-state index in [1.807, 2.05) is 17.5 Å². The third-order valence-electron chi connectivity index (χ3n) is 3.60. The number of carboxylic acids is 1. The van der Waals surface area contributed by atoms with Gasteiger partial charge in [-0.3, -0.25) is 0 Å². The topological polar surface area (TPSA) is 95.5 Å². The van der Waals surface area contributed by atoms with Crippen molar-refractivity contribution >= 4 is 38.7 Å². The van der Waals surface area contributed by atoms with Crippen LogP contribution in [-0.2, 0) is 29.4 Å². The van der Waals surface area contributed by atoms with Gasteiger partial charge in [-0.05, 0) is 36.4 Å². The van der Waals surface area contributed by atoms with Crippen molar-refractivity contribution in [3.63, 3.8) is 0 Å². The molecular weight excluding hydrogens is 356 g/mol. The van der Waals surface area contributed by atoms with Gasteiger partial charge < -0.3 is 10.4 Å². The van der Waals surface area contributed by atoms with Gasteiger partial charge in [0.15, 0.2) is 0 Å². The number of rotatable bonds is 6. The van der Waals surface area contributed by atoms with E-state index >= 15 is 0 Å². The van der Waals surface area contributed by atoms with E-state index in [4.69, 9.17) is 0 Å². The average Bonchev–Trinajstić information content (AvgIpc) is 3.13. The van der Waals surface area contributed by atoms with Crippen LogP contribution in [0.1, 0.15) is 25.7 Å². The van der Waals surface area contributed by atoms with Crippen molar-refractivity contribution in [1.82, 2.24) is 10.0 Å². The first-order chi connectivity index (χ1) is 11.0.